The second kappa shape index (κ2) is 17.3. The molecule has 0 radical (unpaired) electrons. The van der Waals surface area contributed by atoms with Crippen molar-refractivity contribution in [1.82, 2.24) is 0 Å². The molecule has 16 valence electrons. The fourth-order valence-electron chi connectivity index (χ4n) is 0. The standard InChI is InChI=1S/2Na.2S/q2*+1;2*-2. The van der Waals surface area contributed by atoms with Crippen LogP contribution in [-0.2, 0) is 27.0 Å². The molecule has 0 unspecified atom stereocenters. The summed E-state index contributed by atoms with van der Waals surface area (Å²) in [4.78, 5) is 0. The second-order valence-corrected chi connectivity index (χ2v) is 0. The molecular weight excluding hydrogens is 110 g/mol. The average molecular weight is 110 g/mol. The maximum Gasteiger partial charge on any atom is 1.00 e. The van der Waals surface area contributed by atoms with Crippen molar-refractivity contribution in [3.05, 3.63) is 0 Å². The van der Waals surface area contributed by atoms with Crippen LogP contribution in [0.15, 0.2) is 0 Å². The Morgan fingerprint density at radius 3 is 0.500 bits per heavy atom. The minimum Gasteiger partial charge on any atom is -2.00 e. The average Bonchev–Trinajstić information content (AvgIpc) is 0. The number of hydrogen-bond donors (Lipinski definition) is 0. The van der Waals surface area contributed by atoms with Crippen LogP contribution in [-0.4, -0.2) is 0 Å². The van der Waals surface area contributed by atoms with Gasteiger partial charge in [0.15, 0.2) is 0 Å². The van der Waals surface area contributed by atoms with Crippen LogP contribution in [0.5, 0.6) is 0 Å². The molecule has 0 nitrogen and oxygen atoms in total. The maximum absolute atomic E-state index is 0. The minimum atomic E-state index is 0. The molecule has 0 spiro atoms. The van der Waals surface area contributed by atoms with E-state index >= 15 is 0 Å². The first-order valence-corrected chi connectivity index (χ1v) is 0. The number of hydrogen-bond acceptors (Lipinski definition) is 0. The Labute approximate surface area is 84.6 Å². The molecule has 0 aromatic rings. The third-order valence-corrected chi connectivity index (χ3v) is 0. The fraction of sp³-hybridized carbons (Fsp3) is 0. The predicted octanol–water partition coefficient (Wildman–Crippen LogP) is -6.00. The van der Waals surface area contributed by atoms with E-state index in [4.69, 9.17) is 0 Å². The van der Waals surface area contributed by atoms with Crippen molar-refractivity contribution in [3.63, 3.8) is 0 Å². The number of rotatable bonds is 0. The van der Waals surface area contributed by atoms with Crippen LogP contribution in [0.25, 0.3) is 0 Å². The fourth-order valence-corrected chi connectivity index (χ4v) is 0. The van der Waals surface area contributed by atoms with Crippen LogP contribution in [0.2, 0.25) is 0 Å². The normalized spacial score (nSPS) is 0. The van der Waals surface area contributed by atoms with Crippen molar-refractivity contribution in [2.75, 3.05) is 0 Å². The van der Waals surface area contributed by atoms with Crippen LogP contribution in [0.3, 0.4) is 0 Å². The van der Waals surface area contributed by atoms with Gasteiger partial charge in [-0.25, -0.2) is 0 Å². The van der Waals surface area contributed by atoms with Crippen molar-refractivity contribution in [2.24, 2.45) is 0 Å². The first-order valence-electron chi connectivity index (χ1n) is 0. The van der Waals surface area contributed by atoms with Gasteiger partial charge in [0, 0.05) is 0 Å². The first kappa shape index (κ1) is 29.9. The van der Waals surface area contributed by atoms with Gasteiger partial charge in [-0.15, -0.1) is 0 Å². The van der Waals surface area contributed by atoms with Crippen LogP contribution < -0.4 is 59.1 Å². The monoisotopic (exact) mass is 110 g/mol. The van der Waals surface area contributed by atoms with E-state index in [9.17, 15) is 0 Å². The van der Waals surface area contributed by atoms with E-state index in [1.165, 1.54) is 0 Å². The van der Waals surface area contributed by atoms with Crippen LogP contribution in [0.1, 0.15) is 0 Å². The topological polar surface area (TPSA) is 0 Å². The third-order valence-electron chi connectivity index (χ3n) is 0. The van der Waals surface area contributed by atoms with Gasteiger partial charge >= 0.3 is 59.1 Å². The second-order valence-electron chi connectivity index (χ2n) is 0. The molecule has 4 heteroatoms. The van der Waals surface area contributed by atoms with Crippen molar-refractivity contribution in [1.29, 1.82) is 0 Å². The van der Waals surface area contributed by atoms with E-state index < -0.39 is 0 Å². The van der Waals surface area contributed by atoms with E-state index in [2.05, 4.69) is 0 Å². The molecule has 0 rings (SSSR count). The summed E-state index contributed by atoms with van der Waals surface area (Å²) in [6.45, 7) is 0. The van der Waals surface area contributed by atoms with Gasteiger partial charge in [0.1, 0.15) is 0 Å². The van der Waals surface area contributed by atoms with E-state index in [1.54, 1.807) is 0 Å². The van der Waals surface area contributed by atoms with Crippen LogP contribution in [0, 0.1) is 0 Å². The molecule has 0 saturated carbocycles. The smallest absolute Gasteiger partial charge is 1.00 e. The molecule has 0 atom stereocenters. The molecule has 0 aliphatic heterocycles. The van der Waals surface area contributed by atoms with Crippen molar-refractivity contribution in [2.45, 2.75) is 0 Å². The van der Waals surface area contributed by atoms with Crippen molar-refractivity contribution < 1.29 is 59.1 Å². The van der Waals surface area contributed by atoms with Gasteiger partial charge in [0.05, 0.1) is 0 Å². The summed E-state index contributed by atoms with van der Waals surface area (Å²) in [6, 6.07) is 0. The van der Waals surface area contributed by atoms with E-state index in [-0.39, 0.29) is 86.1 Å². The summed E-state index contributed by atoms with van der Waals surface area (Å²) in [5, 5.41) is 0. The zero-order valence-corrected chi connectivity index (χ0v) is 8.45. The summed E-state index contributed by atoms with van der Waals surface area (Å²) in [7, 11) is 0. The summed E-state index contributed by atoms with van der Waals surface area (Å²) >= 11 is 0. The van der Waals surface area contributed by atoms with Gasteiger partial charge in [0.25, 0.3) is 0 Å². The molecule has 0 saturated heterocycles. The SMILES string of the molecule is [Na+].[Na+].[S-2].[S-2]. The Morgan fingerprint density at radius 1 is 0.500 bits per heavy atom. The third kappa shape index (κ3) is 8.83. The molecule has 0 aliphatic rings. The Kier molecular flexibility index (Phi) is 129. The summed E-state index contributed by atoms with van der Waals surface area (Å²) in [5.74, 6) is 0. The largest absolute Gasteiger partial charge is 2.00 e. The Balaban J connectivity index is 0. The summed E-state index contributed by atoms with van der Waals surface area (Å²) < 4.78 is 0. The van der Waals surface area contributed by atoms with Crippen molar-refractivity contribution in [3.8, 4) is 0 Å². The van der Waals surface area contributed by atoms with Gasteiger partial charge in [-0.1, -0.05) is 0 Å². The van der Waals surface area contributed by atoms with E-state index in [0.29, 0.717) is 0 Å². The predicted molar refractivity (Wildman–Crippen MR) is 14.7 cm³/mol. The first-order chi connectivity index (χ1) is 0. The van der Waals surface area contributed by atoms with E-state index in [1.807, 2.05) is 0 Å². The molecule has 0 aromatic carbocycles. The molecule has 0 aromatic heterocycles. The molecule has 0 amide bonds. The molecular formula is Na2S2-2. The van der Waals surface area contributed by atoms with Gasteiger partial charge < -0.3 is 27.0 Å². The van der Waals surface area contributed by atoms with Gasteiger partial charge in [-0.05, 0) is 0 Å². The molecule has 0 aliphatic carbocycles. The maximum atomic E-state index is 0. The van der Waals surface area contributed by atoms with Crippen LogP contribution >= 0.6 is 0 Å². The van der Waals surface area contributed by atoms with Gasteiger partial charge in [0.2, 0.25) is 0 Å². The minimum absolute atomic E-state index is 0. The van der Waals surface area contributed by atoms with Gasteiger partial charge in [-0.3, -0.25) is 0 Å². The van der Waals surface area contributed by atoms with Crippen LogP contribution in [0.4, 0.5) is 0 Å². The Bertz CT molecular complexity index is 4.00. The Morgan fingerprint density at radius 2 is 0.500 bits per heavy atom. The summed E-state index contributed by atoms with van der Waals surface area (Å²) in [5.41, 5.74) is 0. The van der Waals surface area contributed by atoms with E-state index in [0.717, 1.165) is 0 Å². The van der Waals surface area contributed by atoms with Gasteiger partial charge in [-0.2, -0.15) is 0 Å². The Hall–Kier alpha value is 2.70. The van der Waals surface area contributed by atoms with Crippen molar-refractivity contribution >= 4 is 27.0 Å². The molecule has 4 heavy (non-hydrogen) atoms. The summed E-state index contributed by atoms with van der Waals surface area (Å²) in [6.07, 6.45) is 0. The zero-order valence-electron chi connectivity index (χ0n) is 2.82. The zero-order chi connectivity index (χ0) is 0. The quantitative estimate of drug-likeness (QED) is 0.272. The molecule has 0 bridgehead atoms. The molecule has 0 N–H and O–H groups in total. The molecule has 0 fully saturated rings. The molecule has 0 heterocycles.